The first-order valence-electron chi connectivity index (χ1n) is 7.27. The van der Waals surface area contributed by atoms with E-state index < -0.39 is 23.6 Å². The van der Waals surface area contributed by atoms with E-state index in [1.54, 1.807) is 6.92 Å². The van der Waals surface area contributed by atoms with Gasteiger partial charge in [-0.25, -0.2) is 4.98 Å². The molecule has 0 amide bonds. The van der Waals surface area contributed by atoms with Crippen molar-refractivity contribution >= 4 is 33.2 Å². The molecule has 23 heavy (non-hydrogen) atoms. The van der Waals surface area contributed by atoms with E-state index in [1.165, 1.54) is 6.20 Å². The van der Waals surface area contributed by atoms with Crippen molar-refractivity contribution < 1.29 is 27.8 Å². The molecule has 0 saturated heterocycles. The van der Waals surface area contributed by atoms with Crippen LogP contribution < -0.4 is 0 Å². The zero-order valence-electron chi connectivity index (χ0n) is 12.4. The smallest absolute Gasteiger partial charge is 0.424 e. The molecule has 1 heterocycles. The predicted octanol–water partition coefficient (Wildman–Crippen LogP) is 4.03. The van der Waals surface area contributed by atoms with E-state index in [9.17, 15) is 23.1 Å². The number of aliphatic hydroxyl groups is 1. The number of carbonyl (C=O) groups is 1. The van der Waals surface area contributed by atoms with Crippen molar-refractivity contribution in [2.24, 2.45) is 11.8 Å². The molecule has 2 rings (SSSR count). The van der Waals surface area contributed by atoms with Crippen molar-refractivity contribution in [3.63, 3.8) is 0 Å². The molecule has 0 aliphatic heterocycles. The lowest BCUT2D eigenvalue weighted by molar-refractivity contribution is -0.290. The summed E-state index contributed by atoms with van der Waals surface area (Å²) in [5.41, 5.74) is -2.98. The summed E-state index contributed by atoms with van der Waals surface area (Å²) < 4.78 is 46.1. The van der Waals surface area contributed by atoms with Crippen LogP contribution in [0.4, 0.5) is 13.2 Å². The zero-order chi connectivity index (χ0) is 17.3. The van der Waals surface area contributed by atoms with Gasteiger partial charge < -0.3 is 9.84 Å². The summed E-state index contributed by atoms with van der Waals surface area (Å²) >= 11 is 3.85. The predicted molar refractivity (Wildman–Crippen MR) is 81.8 cm³/mol. The third kappa shape index (κ3) is 3.71. The van der Waals surface area contributed by atoms with Crippen molar-refractivity contribution in [1.82, 2.24) is 4.98 Å². The highest BCUT2D eigenvalue weighted by atomic mass is 79.9. The fraction of sp³-hybridized carbons (Fsp3) is 0.714. The number of aromatic nitrogens is 1. The van der Waals surface area contributed by atoms with Gasteiger partial charge in [0, 0.05) is 5.92 Å². The number of nitrogens with zero attached hydrogens (tertiary/aromatic N) is 1. The third-order valence-electron chi connectivity index (χ3n) is 4.17. The lowest BCUT2D eigenvalue weighted by Crippen LogP contribution is -2.49. The molecular weight excluding hydrogens is 399 g/mol. The van der Waals surface area contributed by atoms with Crippen LogP contribution >= 0.6 is 27.3 Å². The van der Waals surface area contributed by atoms with Crippen LogP contribution in [0.3, 0.4) is 0 Å². The van der Waals surface area contributed by atoms with Crippen LogP contribution in [0.2, 0.25) is 0 Å². The van der Waals surface area contributed by atoms with Crippen LogP contribution in [0.1, 0.15) is 37.6 Å². The van der Waals surface area contributed by atoms with E-state index in [0.29, 0.717) is 3.79 Å². The van der Waals surface area contributed by atoms with Crippen LogP contribution in [-0.4, -0.2) is 28.8 Å². The van der Waals surface area contributed by atoms with E-state index in [1.807, 2.05) is 0 Å². The maximum absolute atomic E-state index is 13.6. The molecule has 1 aliphatic carbocycles. The van der Waals surface area contributed by atoms with Crippen LogP contribution in [0.25, 0.3) is 0 Å². The summed E-state index contributed by atoms with van der Waals surface area (Å²) in [5.74, 6) is -1.79. The highest BCUT2D eigenvalue weighted by Gasteiger charge is 2.61. The van der Waals surface area contributed by atoms with Gasteiger partial charge in [0.1, 0.15) is 5.01 Å². The number of ether oxygens (including phenoxy) is 1. The second-order valence-electron chi connectivity index (χ2n) is 5.53. The van der Waals surface area contributed by atoms with Crippen LogP contribution in [0.15, 0.2) is 9.98 Å². The first-order chi connectivity index (χ1) is 10.7. The quantitative estimate of drug-likeness (QED) is 0.754. The van der Waals surface area contributed by atoms with E-state index in [4.69, 9.17) is 4.74 Å². The first kappa shape index (κ1) is 18.7. The molecule has 1 N–H and O–H groups in total. The highest BCUT2D eigenvalue weighted by molar-refractivity contribution is 9.11. The molecule has 1 aliphatic rings. The van der Waals surface area contributed by atoms with E-state index in [-0.39, 0.29) is 43.3 Å². The summed E-state index contributed by atoms with van der Waals surface area (Å²) in [7, 11) is 0. The molecule has 0 spiro atoms. The second-order valence-corrected chi connectivity index (χ2v) is 7.94. The Bertz CT molecular complexity index is 558. The van der Waals surface area contributed by atoms with Gasteiger partial charge in [-0.2, -0.15) is 13.2 Å². The Morgan fingerprint density at radius 2 is 2.04 bits per heavy atom. The summed E-state index contributed by atoms with van der Waals surface area (Å²) in [4.78, 5) is 15.4. The topological polar surface area (TPSA) is 59.4 Å². The molecule has 130 valence electrons. The van der Waals surface area contributed by atoms with Gasteiger partial charge in [-0.3, -0.25) is 4.79 Å². The maximum atomic E-state index is 13.6. The second kappa shape index (κ2) is 7.06. The number of rotatable bonds is 4. The summed E-state index contributed by atoms with van der Waals surface area (Å²) in [6.07, 6.45) is -2.84. The van der Waals surface area contributed by atoms with E-state index in [2.05, 4.69) is 20.9 Å². The molecule has 1 fully saturated rings. The Labute approximate surface area is 144 Å². The van der Waals surface area contributed by atoms with Crippen LogP contribution in [0, 0.1) is 11.8 Å². The Morgan fingerprint density at radius 3 is 2.48 bits per heavy atom. The molecule has 9 heteroatoms. The number of esters is 1. The zero-order valence-corrected chi connectivity index (χ0v) is 14.8. The molecule has 4 nitrogen and oxygen atoms in total. The van der Waals surface area contributed by atoms with Crippen molar-refractivity contribution in [2.45, 2.75) is 44.4 Å². The minimum atomic E-state index is -4.83. The third-order valence-corrected chi connectivity index (χ3v) is 5.77. The molecule has 0 bridgehead atoms. The molecule has 1 saturated carbocycles. The number of alkyl halides is 3. The Morgan fingerprint density at radius 1 is 1.43 bits per heavy atom. The van der Waals surface area contributed by atoms with Crippen LogP contribution in [0.5, 0.6) is 0 Å². The van der Waals surface area contributed by atoms with Gasteiger partial charge in [0.05, 0.1) is 22.5 Å². The largest absolute Gasteiger partial charge is 0.466 e. The molecule has 1 aromatic rings. The minimum absolute atomic E-state index is 0.0939. The van der Waals surface area contributed by atoms with Gasteiger partial charge >= 0.3 is 12.1 Å². The summed E-state index contributed by atoms with van der Waals surface area (Å²) in [5, 5.41) is 10.1. The van der Waals surface area contributed by atoms with Crippen molar-refractivity contribution in [2.75, 3.05) is 6.61 Å². The SMILES string of the molecule is CCOC(=O)C1CCC(C(O)(c2ncc(Br)s2)C(F)(F)F)CC1. The van der Waals surface area contributed by atoms with Gasteiger partial charge in [0.2, 0.25) is 5.60 Å². The van der Waals surface area contributed by atoms with Crippen molar-refractivity contribution in [1.29, 1.82) is 0 Å². The lowest BCUT2D eigenvalue weighted by Gasteiger charge is -2.39. The van der Waals surface area contributed by atoms with Gasteiger partial charge in [-0.05, 0) is 48.5 Å². The number of carbonyl (C=O) groups excluding carboxylic acids is 1. The van der Waals surface area contributed by atoms with Gasteiger partial charge in [-0.1, -0.05) is 0 Å². The van der Waals surface area contributed by atoms with Gasteiger partial charge in [0.25, 0.3) is 0 Å². The Hall–Kier alpha value is -0.670. The van der Waals surface area contributed by atoms with E-state index >= 15 is 0 Å². The number of hydrogen-bond donors (Lipinski definition) is 1. The average molecular weight is 416 g/mol. The van der Waals surface area contributed by atoms with Gasteiger partial charge in [-0.15, -0.1) is 11.3 Å². The summed E-state index contributed by atoms with van der Waals surface area (Å²) in [6, 6.07) is 0. The number of thiazole rings is 1. The summed E-state index contributed by atoms with van der Waals surface area (Å²) in [6.45, 7) is 1.94. The van der Waals surface area contributed by atoms with Crippen LogP contribution in [-0.2, 0) is 15.1 Å². The Balaban J connectivity index is 2.19. The normalized spacial score (nSPS) is 25.0. The van der Waals surface area contributed by atoms with E-state index in [0.717, 1.165) is 11.3 Å². The monoisotopic (exact) mass is 415 g/mol. The molecular formula is C14H17BrF3NO3S. The average Bonchev–Trinajstić information content (AvgIpc) is 2.92. The molecule has 0 aromatic carbocycles. The molecule has 1 atom stereocenters. The number of hydrogen-bond acceptors (Lipinski definition) is 5. The maximum Gasteiger partial charge on any atom is 0.424 e. The fourth-order valence-electron chi connectivity index (χ4n) is 2.96. The molecule has 0 radical (unpaired) electrons. The minimum Gasteiger partial charge on any atom is -0.466 e. The fourth-order valence-corrected chi connectivity index (χ4v) is 4.36. The standard InChI is InChI=1S/C14H17BrF3NO3S/c1-2-22-11(20)8-3-5-9(6-4-8)13(21,14(16,17)18)12-19-7-10(15)23-12/h7-9,21H,2-6H2,1H3. The lowest BCUT2D eigenvalue weighted by atomic mass is 9.73. The van der Waals surface area contributed by atoms with Crippen molar-refractivity contribution in [3.05, 3.63) is 15.0 Å². The van der Waals surface area contributed by atoms with Crippen molar-refractivity contribution in [3.8, 4) is 0 Å². The first-order valence-corrected chi connectivity index (χ1v) is 8.88. The van der Waals surface area contributed by atoms with Gasteiger partial charge in [0.15, 0.2) is 0 Å². The number of halogens is 4. The Kier molecular flexibility index (Phi) is 5.73. The highest BCUT2D eigenvalue weighted by Crippen LogP contribution is 2.51. The molecule has 1 unspecified atom stereocenters. The molecule has 1 aromatic heterocycles.